The zero-order valence-corrected chi connectivity index (χ0v) is 14.5. The Balaban J connectivity index is 2.15. The van der Waals surface area contributed by atoms with Crippen LogP contribution in [0.25, 0.3) is 11.3 Å². The Labute approximate surface area is 139 Å². The van der Waals surface area contributed by atoms with E-state index in [0.717, 1.165) is 23.5 Å². The summed E-state index contributed by atoms with van der Waals surface area (Å²) in [5.41, 5.74) is 15.0. The predicted octanol–water partition coefficient (Wildman–Crippen LogP) is 5.15. The van der Waals surface area contributed by atoms with Gasteiger partial charge in [-0.2, -0.15) is 0 Å². The van der Waals surface area contributed by atoms with Crippen LogP contribution in [0.5, 0.6) is 0 Å². The molecule has 3 N–H and O–H groups in total. The van der Waals surface area contributed by atoms with Crippen molar-refractivity contribution in [3.63, 3.8) is 0 Å². The van der Waals surface area contributed by atoms with Crippen LogP contribution >= 0.6 is 0 Å². The van der Waals surface area contributed by atoms with Crippen molar-refractivity contribution < 1.29 is 0 Å². The zero-order valence-electron chi connectivity index (χ0n) is 14.5. The highest BCUT2D eigenvalue weighted by Gasteiger charge is 2.06. The molecular formula is C21H26N2. The molecular weight excluding hydrogens is 280 g/mol. The molecule has 2 heteroatoms. The molecule has 0 unspecified atom stereocenters. The van der Waals surface area contributed by atoms with Crippen molar-refractivity contribution in [2.45, 2.75) is 34.2 Å². The number of nitrogen functional groups attached to an aromatic ring is 1. The number of hydrogen-bond donors (Lipinski definition) is 2. The Hall–Kier alpha value is -2.48. The minimum Gasteiger partial charge on any atom is -0.399 e. The SMILES string of the molecule is C=C(NCc1ccc(N)cc1)c1ccc(C)c(C(C)=C(C)C)c1. The lowest BCUT2D eigenvalue weighted by Crippen LogP contribution is -2.11. The lowest BCUT2D eigenvalue weighted by molar-refractivity contribution is 0.892. The van der Waals surface area contributed by atoms with Gasteiger partial charge in [0.15, 0.2) is 0 Å². The summed E-state index contributed by atoms with van der Waals surface area (Å²) in [6.07, 6.45) is 0. The normalized spacial score (nSPS) is 10.3. The molecule has 0 fully saturated rings. The van der Waals surface area contributed by atoms with Crippen LogP contribution in [0.3, 0.4) is 0 Å². The van der Waals surface area contributed by atoms with E-state index in [1.165, 1.54) is 27.8 Å². The van der Waals surface area contributed by atoms with Crippen LogP contribution in [0, 0.1) is 6.92 Å². The Kier molecular flexibility index (Phi) is 5.28. The average molecular weight is 306 g/mol. The van der Waals surface area contributed by atoms with E-state index in [2.05, 4.69) is 57.8 Å². The van der Waals surface area contributed by atoms with Crippen LogP contribution < -0.4 is 11.1 Å². The molecule has 2 rings (SSSR count). The van der Waals surface area contributed by atoms with Gasteiger partial charge in [0, 0.05) is 17.9 Å². The second-order valence-electron chi connectivity index (χ2n) is 6.23. The Morgan fingerprint density at radius 1 is 1.04 bits per heavy atom. The third-order valence-corrected chi connectivity index (χ3v) is 4.23. The van der Waals surface area contributed by atoms with Crippen molar-refractivity contribution in [3.8, 4) is 0 Å². The van der Waals surface area contributed by atoms with E-state index in [1.807, 2.05) is 24.3 Å². The van der Waals surface area contributed by atoms with Gasteiger partial charge in [-0.1, -0.05) is 36.4 Å². The van der Waals surface area contributed by atoms with Crippen molar-refractivity contribution in [1.82, 2.24) is 5.32 Å². The minimum atomic E-state index is 0.740. The lowest BCUT2D eigenvalue weighted by atomic mass is 9.95. The second-order valence-corrected chi connectivity index (χ2v) is 6.23. The van der Waals surface area contributed by atoms with Crippen molar-refractivity contribution in [2.75, 3.05) is 5.73 Å². The van der Waals surface area contributed by atoms with Gasteiger partial charge < -0.3 is 11.1 Å². The third kappa shape index (κ3) is 4.26. The first-order valence-corrected chi connectivity index (χ1v) is 7.91. The maximum atomic E-state index is 5.71. The Bertz CT molecular complexity index is 733. The average Bonchev–Trinajstić information content (AvgIpc) is 2.53. The minimum absolute atomic E-state index is 0.740. The van der Waals surface area contributed by atoms with Crippen molar-refractivity contribution >= 4 is 17.0 Å². The molecule has 23 heavy (non-hydrogen) atoms. The summed E-state index contributed by atoms with van der Waals surface area (Å²) in [5.74, 6) is 0. The Morgan fingerprint density at radius 3 is 2.30 bits per heavy atom. The molecule has 0 atom stereocenters. The first-order valence-electron chi connectivity index (χ1n) is 7.91. The molecule has 0 bridgehead atoms. The maximum absolute atomic E-state index is 5.71. The third-order valence-electron chi connectivity index (χ3n) is 4.23. The van der Waals surface area contributed by atoms with Gasteiger partial charge in [-0.3, -0.25) is 0 Å². The zero-order chi connectivity index (χ0) is 17.0. The number of rotatable bonds is 5. The first-order chi connectivity index (χ1) is 10.9. The van der Waals surface area contributed by atoms with Gasteiger partial charge in [0.1, 0.15) is 0 Å². The topological polar surface area (TPSA) is 38.0 Å². The van der Waals surface area contributed by atoms with Crippen molar-refractivity contribution in [1.29, 1.82) is 0 Å². The van der Waals surface area contributed by atoms with Gasteiger partial charge in [-0.25, -0.2) is 0 Å². The summed E-state index contributed by atoms with van der Waals surface area (Å²) in [4.78, 5) is 0. The fourth-order valence-electron chi connectivity index (χ4n) is 2.43. The number of nitrogens with two attached hydrogens (primary N) is 1. The van der Waals surface area contributed by atoms with Crippen LogP contribution in [0.15, 0.2) is 54.6 Å². The molecule has 0 radical (unpaired) electrons. The highest BCUT2D eigenvalue weighted by Crippen LogP contribution is 2.25. The molecule has 0 saturated heterocycles. The number of anilines is 1. The standard InChI is InChI=1S/C21H26N2/c1-14(2)16(4)21-12-19(9-6-15(21)3)17(5)23-13-18-7-10-20(22)11-8-18/h6-12,23H,5,13,22H2,1-4H3. The summed E-state index contributed by atoms with van der Waals surface area (Å²) in [6, 6.07) is 14.4. The van der Waals surface area contributed by atoms with Crippen LogP contribution in [-0.4, -0.2) is 0 Å². The van der Waals surface area contributed by atoms with Crippen LogP contribution in [0.1, 0.15) is 43.0 Å². The highest BCUT2D eigenvalue weighted by atomic mass is 14.9. The molecule has 0 aromatic heterocycles. The number of nitrogens with one attached hydrogen (secondary N) is 1. The quantitative estimate of drug-likeness (QED) is 0.750. The van der Waals surface area contributed by atoms with E-state index in [9.17, 15) is 0 Å². The van der Waals surface area contributed by atoms with Crippen LogP contribution in [-0.2, 0) is 6.54 Å². The molecule has 2 nitrogen and oxygen atoms in total. The number of aryl methyl sites for hydroxylation is 1. The smallest absolute Gasteiger partial charge is 0.0400 e. The first kappa shape index (κ1) is 16.9. The molecule has 0 saturated carbocycles. The monoisotopic (exact) mass is 306 g/mol. The van der Waals surface area contributed by atoms with Gasteiger partial charge >= 0.3 is 0 Å². The van der Waals surface area contributed by atoms with Gasteiger partial charge in [0.2, 0.25) is 0 Å². The van der Waals surface area contributed by atoms with Gasteiger partial charge in [0.25, 0.3) is 0 Å². The molecule has 0 spiro atoms. The maximum Gasteiger partial charge on any atom is 0.0400 e. The van der Waals surface area contributed by atoms with Crippen LogP contribution in [0.2, 0.25) is 0 Å². The van der Waals surface area contributed by atoms with E-state index in [0.29, 0.717) is 0 Å². The van der Waals surface area contributed by atoms with E-state index in [-0.39, 0.29) is 0 Å². The summed E-state index contributed by atoms with van der Waals surface area (Å²) < 4.78 is 0. The molecule has 0 aliphatic carbocycles. The number of hydrogen-bond acceptors (Lipinski definition) is 2. The van der Waals surface area contributed by atoms with Gasteiger partial charge in [0.05, 0.1) is 0 Å². The second kappa shape index (κ2) is 7.19. The Morgan fingerprint density at radius 2 is 1.70 bits per heavy atom. The molecule has 0 aliphatic rings. The summed E-state index contributed by atoms with van der Waals surface area (Å²) in [6.45, 7) is 13.5. The summed E-state index contributed by atoms with van der Waals surface area (Å²) in [7, 11) is 0. The van der Waals surface area contributed by atoms with E-state index >= 15 is 0 Å². The van der Waals surface area contributed by atoms with E-state index < -0.39 is 0 Å². The molecule has 120 valence electrons. The number of allylic oxidation sites excluding steroid dienone is 2. The highest BCUT2D eigenvalue weighted by molar-refractivity contribution is 5.73. The van der Waals surface area contributed by atoms with E-state index in [1.54, 1.807) is 0 Å². The fourth-order valence-corrected chi connectivity index (χ4v) is 2.43. The molecule has 0 aliphatic heterocycles. The fraction of sp³-hybridized carbons (Fsp3) is 0.238. The van der Waals surface area contributed by atoms with Gasteiger partial charge in [-0.05, 0) is 73.7 Å². The van der Waals surface area contributed by atoms with Gasteiger partial charge in [-0.15, -0.1) is 0 Å². The summed E-state index contributed by atoms with van der Waals surface area (Å²) >= 11 is 0. The van der Waals surface area contributed by atoms with Crippen molar-refractivity contribution in [2.24, 2.45) is 0 Å². The predicted molar refractivity (Wildman–Crippen MR) is 102 cm³/mol. The summed E-state index contributed by atoms with van der Waals surface area (Å²) in [5, 5.41) is 3.40. The van der Waals surface area contributed by atoms with Crippen molar-refractivity contribution in [3.05, 3.63) is 76.9 Å². The molecule has 2 aromatic carbocycles. The molecule has 0 heterocycles. The molecule has 0 amide bonds. The lowest BCUT2D eigenvalue weighted by Gasteiger charge is -2.14. The molecule has 2 aromatic rings. The van der Waals surface area contributed by atoms with Crippen LogP contribution in [0.4, 0.5) is 5.69 Å². The van der Waals surface area contributed by atoms with E-state index in [4.69, 9.17) is 5.73 Å². The largest absolute Gasteiger partial charge is 0.399 e. The number of benzene rings is 2.